The van der Waals surface area contributed by atoms with E-state index in [-0.39, 0.29) is 5.91 Å². The molecule has 0 saturated carbocycles. The van der Waals surface area contributed by atoms with Gasteiger partial charge in [-0.05, 0) is 36.5 Å². The van der Waals surface area contributed by atoms with Gasteiger partial charge < -0.3 is 14.6 Å². The lowest BCUT2D eigenvalue weighted by Gasteiger charge is -2.24. The smallest absolute Gasteiger partial charge is 0.318 e. The molecular formula is C23H24N4O2. The Morgan fingerprint density at radius 1 is 0.966 bits per heavy atom. The van der Waals surface area contributed by atoms with Gasteiger partial charge in [0.25, 0.3) is 0 Å². The molecule has 1 amide bonds. The quantitative estimate of drug-likeness (QED) is 0.647. The Kier molecular flexibility index (Phi) is 6.00. The lowest BCUT2D eigenvalue weighted by Crippen LogP contribution is -2.29. The van der Waals surface area contributed by atoms with Gasteiger partial charge >= 0.3 is 6.01 Å². The van der Waals surface area contributed by atoms with Crippen molar-refractivity contribution in [2.24, 2.45) is 0 Å². The second-order valence-corrected chi connectivity index (χ2v) is 7.07. The number of piperidine rings is 1. The normalized spacial score (nSPS) is 15.4. The van der Waals surface area contributed by atoms with Crippen LogP contribution >= 0.6 is 0 Å². The third kappa shape index (κ3) is 4.90. The summed E-state index contributed by atoms with van der Waals surface area (Å²) >= 11 is 0. The Balaban J connectivity index is 1.53. The Labute approximate surface area is 170 Å². The lowest BCUT2D eigenvalue weighted by molar-refractivity contribution is -0.117. The van der Waals surface area contributed by atoms with Gasteiger partial charge in [0.2, 0.25) is 11.8 Å². The summed E-state index contributed by atoms with van der Waals surface area (Å²) in [4.78, 5) is 14.7. The molecule has 1 aromatic heterocycles. The van der Waals surface area contributed by atoms with Crippen LogP contribution in [0.15, 0.2) is 71.2 Å². The summed E-state index contributed by atoms with van der Waals surface area (Å²) in [5.41, 5.74) is 1.85. The topological polar surface area (TPSA) is 71.3 Å². The number of anilines is 1. The Bertz CT molecular complexity index is 947. The predicted molar refractivity (Wildman–Crippen MR) is 112 cm³/mol. The highest BCUT2D eigenvalue weighted by Gasteiger charge is 2.24. The summed E-state index contributed by atoms with van der Waals surface area (Å²) in [6.45, 7) is 1.84. The van der Waals surface area contributed by atoms with E-state index >= 15 is 0 Å². The van der Waals surface area contributed by atoms with Gasteiger partial charge in [0.1, 0.15) is 6.04 Å². The Hall–Kier alpha value is -3.41. The van der Waals surface area contributed by atoms with Crippen LogP contribution in [0.5, 0.6) is 0 Å². The van der Waals surface area contributed by atoms with Crippen molar-refractivity contribution in [1.82, 2.24) is 15.5 Å². The highest BCUT2D eigenvalue weighted by Crippen LogP contribution is 2.25. The molecule has 0 aliphatic carbocycles. The van der Waals surface area contributed by atoms with Crippen LogP contribution in [0.3, 0.4) is 0 Å². The van der Waals surface area contributed by atoms with Crippen LogP contribution in [-0.4, -0.2) is 29.2 Å². The first-order valence-electron chi connectivity index (χ1n) is 9.96. The first-order valence-corrected chi connectivity index (χ1v) is 9.96. The van der Waals surface area contributed by atoms with E-state index in [1.54, 1.807) is 6.08 Å². The first kappa shape index (κ1) is 18.9. The zero-order valence-corrected chi connectivity index (χ0v) is 16.2. The largest absolute Gasteiger partial charge is 0.405 e. The number of carbonyl (C=O) groups excluding carboxylic acids is 1. The zero-order valence-electron chi connectivity index (χ0n) is 16.2. The zero-order chi connectivity index (χ0) is 19.9. The summed E-state index contributed by atoms with van der Waals surface area (Å²) in [7, 11) is 0. The lowest BCUT2D eigenvalue weighted by atomic mass is 10.1. The number of amides is 1. The van der Waals surface area contributed by atoms with Crippen molar-refractivity contribution in [3.05, 3.63) is 83.8 Å². The van der Waals surface area contributed by atoms with E-state index in [2.05, 4.69) is 20.4 Å². The van der Waals surface area contributed by atoms with E-state index in [1.165, 1.54) is 12.5 Å². The number of rotatable bonds is 6. The van der Waals surface area contributed by atoms with Crippen LogP contribution in [0.25, 0.3) is 6.08 Å². The van der Waals surface area contributed by atoms with Gasteiger partial charge in [0, 0.05) is 19.2 Å². The molecule has 0 spiro atoms. The van der Waals surface area contributed by atoms with Crippen molar-refractivity contribution in [2.45, 2.75) is 25.3 Å². The third-order valence-electron chi connectivity index (χ3n) is 4.95. The summed E-state index contributed by atoms with van der Waals surface area (Å²) in [6, 6.07) is 19.4. The maximum absolute atomic E-state index is 12.6. The van der Waals surface area contributed by atoms with E-state index in [9.17, 15) is 4.79 Å². The number of nitrogens with one attached hydrogen (secondary N) is 1. The maximum Gasteiger partial charge on any atom is 0.318 e. The van der Waals surface area contributed by atoms with Gasteiger partial charge in [-0.15, -0.1) is 5.10 Å². The van der Waals surface area contributed by atoms with Crippen LogP contribution in [0.2, 0.25) is 0 Å². The molecule has 1 aliphatic heterocycles. The summed E-state index contributed by atoms with van der Waals surface area (Å²) in [5, 5.41) is 11.5. The molecular weight excluding hydrogens is 364 g/mol. The molecule has 1 N–H and O–H groups in total. The summed E-state index contributed by atoms with van der Waals surface area (Å²) in [5.74, 6) is 0.165. The standard InChI is InChI=1S/C23H24N4O2/c28-20(15-14-18-10-4-1-5-11-18)24-21(19-12-6-2-7-13-19)22-25-26-23(29-22)27-16-8-3-9-17-27/h1-2,4-7,10-15,21H,3,8-9,16-17H2,(H,24,28)/b15-14+/t21-/m0/s1. The molecule has 1 atom stereocenters. The van der Waals surface area contributed by atoms with Gasteiger partial charge in [-0.3, -0.25) is 4.79 Å². The molecule has 2 aromatic carbocycles. The van der Waals surface area contributed by atoms with Crippen molar-refractivity contribution < 1.29 is 9.21 Å². The molecule has 0 radical (unpaired) electrons. The molecule has 29 heavy (non-hydrogen) atoms. The van der Waals surface area contributed by atoms with Gasteiger partial charge in [-0.2, -0.15) is 0 Å². The molecule has 148 valence electrons. The fourth-order valence-corrected chi connectivity index (χ4v) is 3.42. The molecule has 6 heteroatoms. The Morgan fingerprint density at radius 2 is 1.66 bits per heavy atom. The van der Waals surface area contributed by atoms with E-state index in [1.807, 2.05) is 60.7 Å². The van der Waals surface area contributed by atoms with Crippen LogP contribution in [0, 0.1) is 0 Å². The van der Waals surface area contributed by atoms with Crippen LogP contribution < -0.4 is 10.2 Å². The molecule has 3 aromatic rings. The number of nitrogens with zero attached hydrogens (tertiary/aromatic N) is 3. The molecule has 6 nitrogen and oxygen atoms in total. The third-order valence-corrected chi connectivity index (χ3v) is 4.95. The van der Waals surface area contributed by atoms with Crippen molar-refractivity contribution in [1.29, 1.82) is 0 Å². The van der Waals surface area contributed by atoms with Crippen LogP contribution in [-0.2, 0) is 4.79 Å². The minimum absolute atomic E-state index is 0.222. The molecule has 0 bridgehead atoms. The van der Waals surface area contributed by atoms with E-state index < -0.39 is 6.04 Å². The fraction of sp³-hybridized carbons (Fsp3) is 0.261. The average molecular weight is 388 g/mol. The predicted octanol–water partition coefficient (Wildman–Crippen LogP) is 3.98. The number of hydrogen-bond acceptors (Lipinski definition) is 5. The highest BCUT2D eigenvalue weighted by atomic mass is 16.4. The molecule has 4 rings (SSSR count). The summed E-state index contributed by atoms with van der Waals surface area (Å²) < 4.78 is 5.97. The van der Waals surface area contributed by atoms with Crippen LogP contribution in [0.4, 0.5) is 6.01 Å². The van der Waals surface area contributed by atoms with E-state index in [0.29, 0.717) is 11.9 Å². The minimum atomic E-state index is -0.504. The first-order chi connectivity index (χ1) is 14.3. The fourth-order valence-electron chi connectivity index (χ4n) is 3.42. The van der Waals surface area contributed by atoms with Gasteiger partial charge in [0.15, 0.2) is 0 Å². The molecule has 2 heterocycles. The second-order valence-electron chi connectivity index (χ2n) is 7.07. The maximum atomic E-state index is 12.6. The second kappa shape index (κ2) is 9.19. The van der Waals surface area contributed by atoms with Gasteiger partial charge in [0.05, 0.1) is 0 Å². The number of carbonyl (C=O) groups is 1. The molecule has 0 unspecified atom stereocenters. The SMILES string of the molecule is O=C(/C=C/c1ccccc1)N[C@@H](c1ccccc1)c1nnc(N2CCCCC2)o1. The van der Waals surface area contributed by atoms with Gasteiger partial charge in [-0.1, -0.05) is 65.8 Å². The van der Waals surface area contributed by atoms with Crippen LogP contribution in [0.1, 0.15) is 42.3 Å². The van der Waals surface area contributed by atoms with Crippen molar-refractivity contribution >= 4 is 18.0 Å². The number of aromatic nitrogens is 2. The number of benzene rings is 2. The van der Waals surface area contributed by atoms with E-state index in [0.717, 1.165) is 37.1 Å². The van der Waals surface area contributed by atoms with Crippen molar-refractivity contribution in [3.63, 3.8) is 0 Å². The Morgan fingerprint density at radius 3 is 2.38 bits per heavy atom. The minimum Gasteiger partial charge on any atom is -0.405 e. The molecule has 1 saturated heterocycles. The summed E-state index contributed by atoms with van der Waals surface area (Å²) in [6.07, 6.45) is 6.78. The van der Waals surface area contributed by atoms with E-state index in [4.69, 9.17) is 4.42 Å². The molecule has 1 fully saturated rings. The van der Waals surface area contributed by atoms with Crippen molar-refractivity contribution in [3.8, 4) is 0 Å². The van der Waals surface area contributed by atoms with Crippen molar-refractivity contribution in [2.75, 3.05) is 18.0 Å². The average Bonchev–Trinajstić information content (AvgIpc) is 3.28. The monoisotopic (exact) mass is 388 g/mol. The number of hydrogen-bond donors (Lipinski definition) is 1. The highest BCUT2D eigenvalue weighted by molar-refractivity contribution is 5.92. The molecule has 1 aliphatic rings. The van der Waals surface area contributed by atoms with Gasteiger partial charge in [-0.25, -0.2) is 0 Å².